The number of hydrogen-bond donors (Lipinski definition) is 3. The summed E-state index contributed by atoms with van der Waals surface area (Å²) in [5, 5.41) is 21.7. The maximum atomic E-state index is 11.8. The van der Waals surface area contributed by atoms with Gasteiger partial charge in [0.05, 0.1) is 5.69 Å². The molecular weight excluding hydrogens is 312 g/mol. The first-order valence-corrected chi connectivity index (χ1v) is 7.28. The van der Waals surface area contributed by atoms with Gasteiger partial charge in [-0.05, 0) is 24.1 Å². The number of aliphatic hydroxyl groups is 1. The molecule has 0 saturated heterocycles. The van der Waals surface area contributed by atoms with Gasteiger partial charge in [-0.1, -0.05) is 36.4 Å². The lowest BCUT2D eigenvalue weighted by Crippen LogP contribution is -2.45. The van der Waals surface area contributed by atoms with Crippen molar-refractivity contribution in [2.45, 2.75) is 25.7 Å². The molecule has 1 amide bonds. The summed E-state index contributed by atoms with van der Waals surface area (Å²) >= 11 is 0. The predicted octanol–water partition coefficient (Wildman–Crippen LogP) is 1.80. The molecule has 1 heterocycles. The number of aromatic nitrogens is 1. The highest BCUT2D eigenvalue weighted by atomic mass is 16.5. The van der Waals surface area contributed by atoms with Gasteiger partial charge in [-0.3, -0.25) is 4.98 Å². The molecule has 0 spiro atoms. The number of hydrogen-bond acceptors (Lipinski definition) is 5. The number of carboxylic acids is 1. The first-order chi connectivity index (χ1) is 11.5. The summed E-state index contributed by atoms with van der Waals surface area (Å²) in [6, 6.07) is 10.8. The normalized spacial score (nSPS) is 12.9. The van der Waals surface area contributed by atoms with Crippen LogP contribution in [0.3, 0.4) is 0 Å². The average molecular weight is 330 g/mol. The summed E-state index contributed by atoms with van der Waals surface area (Å²) in [6.07, 6.45) is -0.982. The fourth-order valence-corrected chi connectivity index (χ4v) is 2.13. The number of carbonyl (C=O) groups excluding carboxylic acids is 1. The van der Waals surface area contributed by atoms with Crippen LogP contribution in [-0.4, -0.2) is 33.3 Å². The van der Waals surface area contributed by atoms with Gasteiger partial charge in [-0.2, -0.15) is 0 Å². The van der Waals surface area contributed by atoms with Crippen molar-refractivity contribution < 1.29 is 24.5 Å². The number of amides is 1. The zero-order chi connectivity index (χ0) is 17.5. The fraction of sp³-hybridized carbons (Fsp3) is 0.235. The van der Waals surface area contributed by atoms with Crippen molar-refractivity contribution in [1.82, 2.24) is 10.3 Å². The number of carbonyl (C=O) groups is 2. The van der Waals surface area contributed by atoms with E-state index in [4.69, 9.17) is 4.74 Å². The van der Waals surface area contributed by atoms with Crippen LogP contribution in [0.1, 0.15) is 22.9 Å². The smallest absolute Gasteiger partial charge is 0.408 e. The topological polar surface area (TPSA) is 109 Å². The molecule has 2 rings (SSSR count). The summed E-state index contributed by atoms with van der Waals surface area (Å²) in [5.74, 6) is -1.38. The maximum absolute atomic E-state index is 11.8. The van der Waals surface area contributed by atoms with E-state index in [1.165, 1.54) is 6.20 Å². The third-order valence-electron chi connectivity index (χ3n) is 3.40. The van der Waals surface area contributed by atoms with Crippen molar-refractivity contribution in [3.05, 3.63) is 65.5 Å². The molecule has 0 saturated carbocycles. The second-order valence-corrected chi connectivity index (χ2v) is 5.17. The summed E-state index contributed by atoms with van der Waals surface area (Å²) < 4.78 is 4.98. The molecule has 7 nitrogen and oxygen atoms in total. The number of carboxylic acid groups (broad SMARTS) is 1. The Kier molecular flexibility index (Phi) is 5.86. The van der Waals surface area contributed by atoms with Gasteiger partial charge in [0.1, 0.15) is 12.7 Å². The lowest BCUT2D eigenvalue weighted by Gasteiger charge is -2.21. The number of aliphatic carboxylic acids is 1. The van der Waals surface area contributed by atoms with Crippen LogP contribution in [-0.2, 0) is 16.1 Å². The van der Waals surface area contributed by atoms with E-state index < -0.39 is 24.2 Å². The number of nitrogens with zero attached hydrogens (tertiary/aromatic N) is 1. The first kappa shape index (κ1) is 17.4. The molecule has 126 valence electrons. The summed E-state index contributed by atoms with van der Waals surface area (Å²) in [6.45, 7) is 1.69. The Morgan fingerprint density at radius 1 is 1.21 bits per heavy atom. The minimum atomic E-state index is -1.57. The van der Waals surface area contributed by atoms with Crippen LogP contribution in [0.25, 0.3) is 0 Å². The van der Waals surface area contributed by atoms with Crippen molar-refractivity contribution in [1.29, 1.82) is 0 Å². The fourth-order valence-electron chi connectivity index (χ4n) is 2.13. The van der Waals surface area contributed by atoms with Crippen LogP contribution in [0.5, 0.6) is 0 Å². The number of nitrogens with one attached hydrogen (secondary N) is 1. The monoisotopic (exact) mass is 330 g/mol. The molecule has 7 heteroatoms. The summed E-state index contributed by atoms with van der Waals surface area (Å²) in [7, 11) is 0. The molecule has 1 aromatic carbocycles. The number of ether oxygens (including phenoxy) is 1. The molecule has 1 aromatic heterocycles. The second-order valence-electron chi connectivity index (χ2n) is 5.17. The number of benzene rings is 1. The molecule has 3 N–H and O–H groups in total. The van der Waals surface area contributed by atoms with E-state index in [0.29, 0.717) is 5.56 Å². The molecule has 0 radical (unpaired) electrons. The van der Waals surface area contributed by atoms with Crippen LogP contribution in [0.15, 0.2) is 48.7 Å². The van der Waals surface area contributed by atoms with Crippen LogP contribution < -0.4 is 5.32 Å². The highest BCUT2D eigenvalue weighted by Crippen LogP contribution is 2.18. The third-order valence-corrected chi connectivity index (χ3v) is 3.40. The molecule has 24 heavy (non-hydrogen) atoms. The van der Waals surface area contributed by atoms with Gasteiger partial charge in [0.25, 0.3) is 0 Å². The molecular formula is C17H18N2O5. The van der Waals surface area contributed by atoms with Gasteiger partial charge in [0.15, 0.2) is 6.04 Å². The van der Waals surface area contributed by atoms with Gasteiger partial charge in [0.2, 0.25) is 0 Å². The summed E-state index contributed by atoms with van der Waals surface area (Å²) in [4.78, 5) is 27.2. The average Bonchev–Trinajstić information content (AvgIpc) is 2.58. The zero-order valence-corrected chi connectivity index (χ0v) is 13.0. The lowest BCUT2D eigenvalue weighted by atomic mass is 10.0. The number of aliphatic hydroxyl groups excluding tert-OH is 1. The Balaban J connectivity index is 2.01. The van der Waals surface area contributed by atoms with E-state index in [-0.39, 0.29) is 12.3 Å². The number of pyridine rings is 1. The van der Waals surface area contributed by atoms with E-state index in [1.807, 2.05) is 6.07 Å². The predicted molar refractivity (Wildman–Crippen MR) is 85.1 cm³/mol. The first-order valence-electron chi connectivity index (χ1n) is 7.28. The van der Waals surface area contributed by atoms with Crippen LogP contribution >= 0.6 is 0 Å². The molecule has 0 aliphatic carbocycles. The minimum Gasteiger partial charge on any atom is -0.480 e. The molecule has 2 atom stereocenters. The van der Waals surface area contributed by atoms with Crippen molar-refractivity contribution >= 4 is 12.1 Å². The van der Waals surface area contributed by atoms with Gasteiger partial charge in [-0.25, -0.2) is 9.59 Å². The van der Waals surface area contributed by atoms with Gasteiger partial charge in [0, 0.05) is 6.20 Å². The second kappa shape index (κ2) is 8.07. The molecule has 0 fully saturated rings. The van der Waals surface area contributed by atoms with Crippen LogP contribution in [0.4, 0.5) is 4.79 Å². The maximum Gasteiger partial charge on any atom is 0.408 e. The number of alkyl carbamates (subject to hydrolysis) is 1. The number of aryl methyl sites for hydroxylation is 1. The van der Waals surface area contributed by atoms with Gasteiger partial charge < -0.3 is 20.3 Å². The van der Waals surface area contributed by atoms with Crippen molar-refractivity contribution in [2.75, 3.05) is 0 Å². The Morgan fingerprint density at radius 3 is 2.54 bits per heavy atom. The Morgan fingerprint density at radius 2 is 1.92 bits per heavy atom. The van der Waals surface area contributed by atoms with E-state index in [0.717, 1.165) is 5.56 Å². The molecule has 0 aliphatic rings. The molecule has 0 bridgehead atoms. The quantitative estimate of drug-likeness (QED) is 0.745. The van der Waals surface area contributed by atoms with Crippen molar-refractivity contribution in [2.24, 2.45) is 0 Å². The standard InChI is InChI=1S/C17H18N2O5/c1-11-6-5-9-18-13(11)15(20)14(16(21)22)19-17(23)24-10-12-7-3-2-4-8-12/h2-9,14-15,20H,10H2,1H3,(H,19,23)(H,21,22)/t14-,15+/m1/s1. The minimum absolute atomic E-state index is 0.00226. The van der Waals surface area contributed by atoms with Crippen molar-refractivity contribution in [3.8, 4) is 0 Å². The molecule has 2 aromatic rings. The molecule has 0 aliphatic heterocycles. The SMILES string of the molecule is Cc1cccnc1[C@H](O)[C@@H](NC(=O)OCc1ccccc1)C(=O)O. The highest BCUT2D eigenvalue weighted by Gasteiger charge is 2.31. The highest BCUT2D eigenvalue weighted by molar-refractivity contribution is 5.80. The largest absolute Gasteiger partial charge is 0.480 e. The van der Waals surface area contributed by atoms with E-state index in [1.54, 1.807) is 43.3 Å². The summed E-state index contributed by atoms with van der Waals surface area (Å²) in [5.41, 5.74) is 1.57. The Bertz CT molecular complexity index is 705. The lowest BCUT2D eigenvalue weighted by molar-refractivity contribution is -0.142. The van der Waals surface area contributed by atoms with Crippen LogP contribution in [0.2, 0.25) is 0 Å². The van der Waals surface area contributed by atoms with Gasteiger partial charge >= 0.3 is 12.1 Å². The van der Waals surface area contributed by atoms with E-state index in [2.05, 4.69) is 10.3 Å². The van der Waals surface area contributed by atoms with Crippen LogP contribution in [0, 0.1) is 6.92 Å². The van der Waals surface area contributed by atoms with E-state index in [9.17, 15) is 19.8 Å². The molecule has 0 unspecified atom stereocenters. The van der Waals surface area contributed by atoms with Gasteiger partial charge in [-0.15, -0.1) is 0 Å². The zero-order valence-electron chi connectivity index (χ0n) is 13.0. The third kappa shape index (κ3) is 4.53. The van der Waals surface area contributed by atoms with E-state index >= 15 is 0 Å². The number of rotatable bonds is 6. The van der Waals surface area contributed by atoms with Crippen molar-refractivity contribution in [3.63, 3.8) is 0 Å². The Hall–Kier alpha value is -2.93. The Labute approximate surface area is 138 Å².